The normalized spacial score (nSPS) is 15.1. The van der Waals surface area contributed by atoms with Crippen molar-refractivity contribution in [3.63, 3.8) is 0 Å². The zero-order valence-electron chi connectivity index (χ0n) is 18.1. The number of ether oxygens (including phenoxy) is 1. The number of carbonyl (C=O) groups excluding carboxylic acids is 3. The summed E-state index contributed by atoms with van der Waals surface area (Å²) in [6.45, 7) is 4.14. The molecule has 1 fully saturated rings. The van der Waals surface area contributed by atoms with Crippen LogP contribution in [0.1, 0.15) is 22.3 Å². The van der Waals surface area contributed by atoms with Crippen molar-refractivity contribution in [1.82, 2.24) is 5.32 Å². The van der Waals surface area contributed by atoms with Crippen LogP contribution in [0.25, 0.3) is 6.08 Å². The third-order valence-corrected chi connectivity index (χ3v) is 6.18. The number of benzene rings is 3. The standard InChI is InChI=1S/C26H21BrN2O4/c1-16-11-12-20(13-17(16)2)29-25(31)21(24(30)28-26(29)32)14-18-7-4-6-10-23(18)33-15-19-8-3-5-9-22(19)27/h3-14H,15H2,1-2H3,(H,28,30,32)/b21-14+. The monoisotopic (exact) mass is 504 g/mol. The third kappa shape index (κ3) is 4.73. The van der Waals surface area contributed by atoms with E-state index >= 15 is 0 Å². The molecule has 0 unspecified atom stereocenters. The van der Waals surface area contributed by atoms with E-state index in [1.165, 1.54) is 6.08 Å². The molecule has 4 rings (SSSR count). The van der Waals surface area contributed by atoms with Crippen molar-refractivity contribution in [2.45, 2.75) is 20.5 Å². The van der Waals surface area contributed by atoms with Crippen LogP contribution in [-0.4, -0.2) is 17.8 Å². The number of imide groups is 2. The highest BCUT2D eigenvalue weighted by Crippen LogP contribution is 2.27. The second kappa shape index (κ2) is 9.42. The number of para-hydroxylation sites is 1. The molecule has 33 heavy (non-hydrogen) atoms. The van der Waals surface area contributed by atoms with Crippen LogP contribution in [0.5, 0.6) is 5.75 Å². The van der Waals surface area contributed by atoms with Gasteiger partial charge in [0, 0.05) is 15.6 Å². The number of aryl methyl sites for hydroxylation is 2. The molecule has 0 spiro atoms. The average molecular weight is 505 g/mol. The van der Waals surface area contributed by atoms with Crippen molar-refractivity contribution in [1.29, 1.82) is 0 Å². The summed E-state index contributed by atoms with van der Waals surface area (Å²) < 4.78 is 6.90. The predicted octanol–water partition coefficient (Wildman–Crippen LogP) is 5.31. The summed E-state index contributed by atoms with van der Waals surface area (Å²) in [5.41, 5.74) is 3.73. The molecule has 1 aliphatic heterocycles. The van der Waals surface area contributed by atoms with E-state index in [-0.39, 0.29) is 5.57 Å². The van der Waals surface area contributed by atoms with Crippen molar-refractivity contribution in [2.75, 3.05) is 4.90 Å². The first-order chi connectivity index (χ1) is 15.8. The van der Waals surface area contributed by atoms with Crippen LogP contribution in [0.15, 0.2) is 76.8 Å². The van der Waals surface area contributed by atoms with Crippen molar-refractivity contribution in [3.05, 3.63) is 99.0 Å². The van der Waals surface area contributed by atoms with Crippen LogP contribution in [0, 0.1) is 13.8 Å². The SMILES string of the molecule is Cc1ccc(N2C(=O)NC(=O)/C(=C\c3ccccc3OCc3ccccc3Br)C2=O)cc1C. The predicted molar refractivity (Wildman–Crippen MR) is 130 cm³/mol. The second-order valence-corrected chi connectivity index (χ2v) is 8.50. The van der Waals surface area contributed by atoms with Crippen LogP contribution in [0.4, 0.5) is 10.5 Å². The van der Waals surface area contributed by atoms with E-state index in [9.17, 15) is 14.4 Å². The van der Waals surface area contributed by atoms with Crippen molar-refractivity contribution >= 4 is 45.5 Å². The summed E-state index contributed by atoms with van der Waals surface area (Å²) >= 11 is 3.50. The maximum atomic E-state index is 13.2. The van der Waals surface area contributed by atoms with Gasteiger partial charge in [0.05, 0.1) is 5.69 Å². The van der Waals surface area contributed by atoms with Gasteiger partial charge in [0.1, 0.15) is 17.9 Å². The first-order valence-corrected chi connectivity index (χ1v) is 11.1. The van der Waals surface area contributed by atoms with Gasteiger partial charge in [-0.3, -0.25) is 14.9 Å². The lowest BCUT2D eigenvalue weighted by atomic mass is 10.0. The average Bonchev–Trinajstić information content (AvgIpc) is 2.79. The Bertz CT molecular complexity index is 1300. The van der Waals surface area contributed by atoms with Crippen LogP contribution < -0.4 is 15.0 Å². The molecule has 1 saturated heterocycles. The summed E-state index contributed by atoms with van der Waals surface area (Å²) in [4.78, 5) is 39.2. The Balaban J connectivity index is 1.66. The van der Waals surface area contributed by atoms with Gasteiger partial charge in [-0.2, -0.15) is 0 Å². The van der Waals surface area contributed by atoms with Gasteiger partial charge in [-0.1, -0.05) is 58.4 Å². The summed E-state index contributed by atoms with van der Waals surface area (Å²) in [6.07, 6.45) is 1.45. The molecule has 6 nitrogen and oxygen atoms in total. The minimum Gasteiger partial charge on any atom is -0.488 e. The number of rotatable bonds is 5. The molecule has 0 aromatic heterocycles. The molecule has 7 heteroatoms. The molecule has 3 aromatic rings. The van der Waals surface area contributed by atoms with E-state index in [0.717, 1.165) is 26.1 Å². The molecule has 0 bridgehead atoms. The van der Waals surface area contributed by atoms with E-state index < -0.39 is 17.8 Å². The van der Waals surface area contributed by atoms with E-state index in [1.807, 2.05) is 50.2 Å². The molecular weight excluding hydrogens is 484 g/mol. The lowest BCUT2D eigenvalue weighted by Gasteiger charge is -2.27. The topological polar surface area (TPSA) is 75.7 Å². The highest BCUT2D eigenvalue weighted by Gasteiger charge is 2.37. The van der Waals surface area contributed by atoms with Gasteiger partial charge in [-0.05, 0) is 55.3 Å². The maximum Gasteiger partial charge on any atom is 0.335 e. The first kappa shape index (κ1) is 22.5. The summed E-state index contributed by atoms with van der Waals surface area (Å²) in [5.74, 6) is -0.922. The van der Waals surface area contributed by atoms with Crippen LogP contribution >= 0.6 is 15.9 Å². The van der Waals surface area contributed by atoms with Crippen molar-refractivity contribution in [2.24, 2.45) is 0 Å². The summed E-state index contributed by atoms with van der Waals surface area (Å²) in [7, 11) is 0. The minimum absolute atomic E-state index is 0.148. The Hall–Kier alpha value is -3.71. The first-order valence-electron chi connectivity index (χ1n) is 10.3. The highest BCUT2D eigenvalue weighted by molar-refractivity contribution is 9.10. The molecule has 3 aromatic carbocycles. The Morgan fingerprint density at radius 3 is 2.42 bits per heavy atom. The molecule has 0 saturated carbocycles. The fraction of sp³-hybridized carbons (Fsp3) is 0.115. The Morgan fingerprint density at radius 1 is 0.939 bits per heavy atom. The van der Waals surface area contributed by atoms with Crippen LogP contribution in [0.3, 0.4) is 0 Å². The van der Waals surface area contributed by atoms with Gasteiger partial charge < -0.3 is 4.74 Å². The largest absolute Gasteiger partial charge is 0.488 e. The number of urea groups is 1. The molecule has 166 valence electrons. The molecule has 1 heterocycles. The third-order valence-electron chi connectivity index (χ3n) is 5.41. The maximum absolute atomic E-state index is 13.2. The zero-order valence-corrected chi connectivity index (χ0v) is 19.7. The molecule has 0 aliphatic carbocycles. The number of nitrogens with zero attached hydrogens (tertiary/aromatic N) is 1. The lowest BCUT2D eigenvalue weighted by Crippen LogP contribution is -2.54. The molecule has 4 amide bonds. The molecule has 0 radical (unpaired) electrons. The number of carbonyl (C=O) groups is 3. The quantitative estimate of drug-likeness (QED) is 0.377. The van der Waals surface area contributed by atoms with Crippen molar-refractivity contribution in [3.8, 4) is 5.75 Å². The number of halogens is 1. The fourth-order valence-corrected chi connectivity index (χ4v) is 3.81. The minimum atomic E-state index is -0.774. The fourth-order valence-electron chi connectivity index (χ4n) is 3.41. The second-order valence-electron chi connectivity index (χ2n) is 7.64. The van der Waals surface area contributed by atoms with E-state index in [0.29, 0.717) is 23.6 Å². The van der Waals surface area contributed by atoms with Gasteiger partial charge in [-0.25, -0.2) is 9.69 Å². The Morgan fingerprint density at radius 2 is 1.67 bits per heavy atom. The van der Waals surface area contributed by atoms with Crippen LogP contribution in [-0.2, 0) is 16.2 Å². The van der Waals surface area contributed by atoms with Crippen molar-refractivity contribution < 1.29 is 19.1 Å². The number of anilines is 1. The van der Waals surface area contributed by atoms with Gasteiger partial charge in [0.25, 0.3) is 11.8 Å². The van der Waals surface area contributed by atoms with Gasteiger partial charge in [0.15, 0.2) is 0 Å². The molecule has 1 N–H and O–H groups in total. The van der Waals surface area contributed by atoms with Crippen LogP contribution in [0.2, 0.25) is 0 Å². The summed E-state index contributed by atoms with van der Waals surface area (Å²) in [6, 6.07) is 19.3. The Kier molecular flexibility index (Phi) is 6.42. The smallest absolute Gasteiger partial charge is 0.335 e. The number of amides is 4. The number of hydrogen-bond donors (Lipinski definition) is 1. The Labute approximate surface area is 200 Å². The van der Waals surface area contributed by atoms with Gasteiger partial charge in [0.2, 0.25) is 0 Å². The van der Waals surface area contributed by atoms with Gasteiger partial charge in [-0.15, -0.1) is 0 Å². The number of barbiturate groups is 1. The molecular formula is C26H21BrN2O4. The highest BCUT2D eigenvalue weighted by atomic mass is 79.9. The van der Waals surface area contributed by atoms with E-state index in [1.54, 1.807) is 30.3 Å². The number of nitrogens with one attached hydrogen (secondary N) is 1. The molecule has 0 atom stereocenters. The van der Waals surface area contributed by atoms with E-state index in [4.69, 9.17) is 4.74 Å². The lowest BCUT2D eigenvalue weighted by molar-refractivity contribution is -0.122. The number of hydrogen-bond acceptors (Lipinski definition) is 4. The van der Waals surface area contributed by atoms with E-state index in [2.05, 4.69) is 21.2 Å². The molecule has 1 aliphatic rings. The zero-order chi connectivity index (χ0) is 23.5. The van der Waals surface area contributed by atoms with Gasteiger partial charge >= 0.3 is 6.03 Å². The summed E-state index contributed by atoms with van der Waals surface area (Å²) in [5, 5.41) is 2.26.